The minimum absolute atomic E-state index is 0.0559. The fourth-order valence-electron chi connectivity index (χ4n) is 6.30. The maximum atomic E-state index is 14.4. The molecule has 286 valence electrons. The lowest BCUT2D eigenvalue weighted by Crippen LogP contribution is -2.64. The van der Waals surface area contributed by atoms with Gasteiger partial charge in [0.1, 0.15) is 43.1 Å². The number of nitrogens with one attached hydrogen (secondary N) is 2. The molecule has 0 bridgehead atoms. The average Bonchev–Trinajstić information content (AvgIpc) is 3.55. The Bertz CT molecular complexity index is 1560. The fourth-order valence-corrected chi connectivity index (χ4v) is 6.30. The lowest BCUT2D eigenvalue weighted by molar-refractivity contribution is -0.287. The second-order valence-electron chi connectivity index (χ2n) is 13.4. The summed E-state index contributed by atoms with van der Waals surface area (Å²) in [5.74, 6) is -9.72. The number of ether oxygens (including phenoxy) is 6. The maximum absolute atomic E-state index is 14.4. The normalized spacial score (nSPS) is 26.1. The number of halogens is 6. The van der Waals surface area contributed by atoms with E-state index < -0.39 is 103 Å². The first kappa shape index (κ1) is 39.2. The number of benzene rings is 2. The van der Waals surface area contributed by atoms with Crippen LogP contribution in [0.25, 0.3) is 0 Å². The van der Waals surface area contributed by atoms with E-state index in [-0.39, 0.29) is 11.5 Å². The van der Waals surface area contributed by atoms with Gasteiger partial charge in [0.05, 0.1) is 0 Å². The van der Waals surface area contributed by atoms with Crippen LogP contribution in [0, 0.1) is 5.92 Å². The van der Waals surface area contributed by atoms with Gasteiger partial charge in [-0.15, -0.1) is 0 Å². The summed E-state index contributed by atoms with van der Waals surface area (Å²) < 4.78 is 121. The molecule has 0 radical (unpaired) electrons. The molecule has 0 saturated carbocycles. The molecule has 2 N–H and O–H groups in total. The third-order valence-corrected chi connectivity index (χ3v) is 8.46. The first-order chi connectivity index (χ1) is 24.2. The molecule has 18 heteroatoms. The number of rotatable bonds is 10. The number of hydrogen-bond donors (Lipinski definition) is 2. The molecular weight excluding hydrogens is 708 g/mol. The number of carbonyl (C=O) groups excluding carboxylic acids is 3. The summed E-state index contributed by atoms with van der Waals surface area (Å²) in [7, 11) is 0. The van der Waals surface area contributed by atoms with Crippen LogP contribution in [0.4, 0.5) is 36.8 Å². The number of carbonyl (C=O) groups is 3. The molecule has 7 atom stereocenters. The maximum Gasteiger partial charge on any atom is 0.403 e. The number of anilines is 1. The Hall–Kier alpha value is -3.97. The molecule has 0 aliphatic carbocycles. The highest BCUT2D eigenvalue weighted by molar-refractivity contribution is 6.01. The van der Waals surface area contributed by atoms with Gasteiger partial charge >= 0.3 is 24.4 Å². The number of amides is 3. The lowest BCUT2D eigenvalue weighted by atomic mass is 9.94. The van der Waals surface area contributed by atoms with Crippen molar-refractivity contribution in [3.05, 3.63) is 66.2 Å². The number of nitrogens with zero attached hydrogens (tertiary/aromatic N) is 1. The first-order valence-corrected chi connectivity index (χ1v) is 16.3. The van der Waals surface area contributed by atoms with Crippen LogP contribution in [0.15, 0.2) is 60.7 Å². The Morgan fingerprint density at radius 1 is 0.808 bits per heavy atom. The molecule has 2 aromatic rings. The molecule has 3 aliphatic heterocycles. The summed E-state index contributed by atoms with van der Waals surface area (Å²) in [6.45, 7) is 6.70. The van der Waals surface area contributed by atoms with E-state index in [1.54, 1.807) is 58.0 Å². The van der Waals surface area contributed by atoms with Crippen molar-refractivity contribution in [2.45, 2.75) is 108 Å². The van der Waals surface area contributed by atoms with Gasteiger partial charge in [0.2, 0.25) is 5.91 Å². The zero-order valence-electron chi connectivity index (χ0n) is 28.7. The highest BCUT2D eigenvalue weighted by Gasteiger charge is 2.65. The molecular formula is C34H39F6N3O9. The van der Waals surface area contributed by atoms with Crippen molar-refractivity contribution in [1.82, 2.24) is 10.6 Å². The van der Waals surface area contributed by atoms with Gasteiger partial charge < -0.3 is 39.1 Å². The van der Waals surface area contributed by atoms with Crippen LogP contribution in [0.1, 0.15) is 40.2 Å². The van der Waals surface area contributed by atoms with Crippen molar-refractivity contribution in [1.29, 1.82) is 0 Å². The van der Waals surface area contributed by atoms with Crippen LogP contribution in [-0.4, -0.2) is 91.2 Å². The van der Waals surface area contributed by atoms with Gasteiger partial charge in [-0.2, -0.15) is 26.3 Å². The molecule has 52 heavy (non-hydrogen) atoms. The van der Waals surface area contributed by atoms with Crippen LogP contribution in [0.3, 0.4) is 0 Å². The lowest BCUT2D eigenvalue weighted by Gasteiger charge is -2.39. The second-order valence-corrected chi connectivity index (χ2v) is 13.4. The molecule has 0 spiro atoms. The van der Waals surface area contributed by atoms with E-state index in [1.165, 1.54) is 18.2 Å². The predicted molar refractivity (Wildman–Crippen MR) is 168 cm³/mol. The van der Waals surface area contributed by atoms with Crippen LogP contribution in [0.2, 0.25) is 0 Å². The number of urea groups is 1. The SMILES string of the molecule is C[C@H](NC(=O)C(C(C(F)(F)F)C(F)(F)F)N(C(=O)NC[C@H]1O[C@@H]2OC(C)(C)O[C@@H]2[C@H]2OC(C)(C)O[C@H]21)c1ccccc1)C(=O)OCc1ccccc1. The summed E-state index contributed by atoms with van der Waals surface area (Å²) in [5, 5.41) is 4.22. The fraction of sp³-hybridized carbons (Fsp3) is 0.559. The third kappa shape index (κ3) is 8.97. The van der Waals surface area contributed by atoms with Gasteiger partial charge in [0, 0.05) is 12.2 Å². The van der Waals surface area contributed by atoms with Gasteiger partial charge in [-0.3, -0.25) is 9.69 Å². The molecule has 3 aliphatic rings. The molecule has 3 heterocycles. The van der Waals surface area contributed by atoms with Gasteiger partial charge in [0.25, 0.3) is 0 Å². The van der Waals surface area contributed by atoms with Gasteiger partial charge in [-0.1, -0.05) is 48.5 Å². The van der Waals surface area contributed by atoms with Crippen LogP contribution in [-0.2, 0) is 44.6 Å². The molecule has 1 unspecified atom stereocenters. The molecule has 12 nitrogen and oxygen atoms in total. The number of alkyl halides is 6. The predicted octanol–water partition coefficient (Wildman–Crippen LogP) is 4.96. The van der Waals surface area contributed by atoms with Crippen molar-refractivity contribution in [2.24, 2.45) is 5.92 Å². The number of fused-ring (bicyclic) bond motifs is 3. The quantitative estimate of drug-likeness (QED) is 0.256. The minimum atomic E-state index is -6.09. The summed E-state index contributed by atoms with van der Waals surface area (Å²) in [4.78, 5) is 40.4. The Labute approximate surface area is 295 Å². The van der Waals surface area contributed by atoms with Crippen molar-refractivity contribution in [3.63, 3.8) is 0 Å². The van der Waals surface area contributed by atoms with Crippen molar-refractivity contribution in [3.8, 4) is 0 Å². The standard InChI is InChI=1S/C34H39F6N3O9/c1-18(28(45)47-17-19-12-8-6-9-13-19)42-27(44)22(26(33(35,36)37)34(38,39)40)43(20-14-10-7-11-15-20)30(46)41-16-21-23-24(50-31(2,3)49-23)25-29(48-21)52-32(4,5)51-25/h6-15,18,21-26,29H,16-17H2,1-5H3,(H,41,46)(H,42,44)/t18-,21+,22?,23-,24-,25+,29+/m0/s1. The van der Waals surface area contributed by atoms with Crippen molar-refractivity contribution >= 4 is 23.6 Å². The van der Waals surface area contributed by atoms with E-state index >= 15 is 0 Å². The second kappa shape index (κ2) is 14.8. The summed E-state index contributed by atoms with van der Waals surface area (Å²) >= 11 is 0. The Morgan fingerprint density at radius 3 is 1.94 bits per heavy atom. The minimum Gasteiger partial charge on any atom is -0.459 e. The Kier molecular flexibility index (Phi) is 11.2. The van der Waals surface area contributed by atoms with E-state index in [2.05, 4.69) is 5.32 Å². The van der Waals surface area contributed by atoms with Gasteiger partial charge in [-0.05, 0) is 52.3 Å². The zero-order valence-corrected chi connectivity index (χ0v) is 28.7. The molecule has 2 aromatic carbocycles. The summed E-state index contributed by atoms with van der Waals surface area (Å²) in [6, 6.07) is 7.71. The third-order valence-electron chi connectivity index (χ3n) is 8.46. The smallest absolute Gasteiger partial charge is 0.403 e. The summed E-state index contributed by atoms with van der Waals surface area (Å²) in [5.41, 5.74) is 0.0438. The largest absolute Gasteiger partial charge is 0.459 e. The highest BCUT2D eigenvalue weighted by Crippen LogP contribution is 2.45. The van der Waals surface area contributed by atoms with Crippen LogP contribution in [0.5, 0.6) is 0 Å². The van der Waals surface area contributed by atoms with Crippen molar-refractivity contribution < 1.29 is 69.1 Å². The summed E-state index contributed by atoms with van der Waals surface area (Å²) in [6.07, 6.45) is -16.8. The van der Waals surface area contributed by atoms with Crippen LogP contribution < -0.4 is 15.5 Å². The van der Waals surface area contributed by atoms with Crippen molar-refractivity contribution in [2.75, 3.05) is 11.4 Å². The van der Waals surface area contributed by atoms with Gasteiger partial charge in [0.15, 0.2) is 23.8 Å². The van der Waals surface area contributed by atoms with E-state index in [4.69, 9.17) is 28.4 Å². The molecule has 3 amide bonds. The topological polar surface area (TPSA) is 134 Å². The zero-order chi connectivity index (χ0) is 38.2. The van der Waals surface area contributed by atoms with Crippen LogP contribution >= 0.6 is 0 Å². The molecule has 0 aromatic heterocycles. The monoisotopic (exact) mass is 747 g/mol. The Balaban J connectivity index is 1.43. The van der Waals surface area contributed by atoms with E-state index in [0.717, 1.165) is 19.1 Å². The Morgan fingerprint density at radius 2 is 1.35 bits per heavy atom. The first-order valence-electron chi connectivity index (χ1n) is 16.3. The molecule has 5 rings (SSSR count). The highest BCUT2D eigenvalue weighted by atomic mass is 19.4. The number of hydrogen-bond acceptors (Lipinski definition) is 9. The van der Waals surface area contributed by atoms with E-state index in [1.807, 2.05) is 5.32 Å². The average molecular weight is 748 g/mol. The molecule has 3 fully saturated rings. The van der Waals surface area contributed by atoms with E-state index in [9.17, 15) is 40.7 Å². The van der Waals surface area contributed by atoms with Gasteiger partial charge in [-0.25, -0.2) is 9.59 Å². The number of para-hydroxylation sites is 1. The van der Waals surface area contributed by atoms with E-state index in [0.29, 0.717) is 5.56 Å². The number of esters is 1. The molecule has 3 saturated heterocycles.